The van der Waals surface area contributed by atoms with E-state index in [2.05, 4.69) is 12.1 Å². The van der Waals surface area contributed by atoms with Crippen molar-refractivity contribution in [2.75, 3.05) is 0 Å². The van der Waals surface area contributed by atoms with Gasteiger partial charge in [0.05, 0.1) is 0 Å². The Morgan fingerprint density at radius 1 is 1.67 bits per heavy atom. The Morgan fingerprint density at radius 2 is 2.00 bits per heavy atom. The standard InChI is InChI=1S/C4H8NO3S/c1-3(6)4(2)9(5,7)8/h4H,2H2,1H3,(H2,5,7,8). The lowest BCUT2D eigenvalue weighted by molar-refractivity contribution is -0.115. The van der Waals surface area contributed by atoms with E-state index >= 15 is 0 Å². The Balaban J connectivity index is 4.43. The fraction of sp³-hybridized carbons (Fsp3) is 0.500. The molecular formula is C4H8NO3S. The van der Waals surface area contributed by atoms with Crippen LogP contribution in [0.15, 0.2) is 0 Å². The first-order valence-electron chi connectivity index (χ1n) is 2.21. The molecule has 1 atom stereocenters. The predicted octanol–water partition coefficient (Wildman–Crippen LogP) is -0.933. The Bertz CT molecular complexity index is 206. The lowest BCUT2D eigenvalue weighted by atomic mass is 10.3. The van der Waals surface area contributed by atoms with E-state index in [1.165, 1.54) is 0 Å². The van der Waals surface area contributed by atoms with Crippen molar-refractivity contribution in [2.45, 2.75) is 12.2 Å². The molecule has 0 aromatic rings. The summed E-state index contributed by atoms with van der Waals surface area (Å²) in [5.41, 5.74) is 0. The third-order valence-electron chi connectivity index (χ3n) is 0.850. The van der Waals surface area contributed by atoms with Crippen molar-refractivity contribution in [3.05, 3.63) is 6.92 Å². The minimum absolute atomic E-state index is 0.544. The molecule has 0 aliphatic carbocycles. The summed E-state index contributed by atoms with van der Waals surface area (Å²) in [6.07, 6.45) is 0. The number of ketones is 1. The smallest absolute Gasteiger partial charge is 0.219 e. The van der Waals surface area contributed by atoms with E-state index < -0.39 is 21.1 Å². The van der Waals surface area contributed by atoms with Crippen LogP contribution < -0.4 is 5.14 Å². The molecule has 0 saturated heterocycles. The zero-order chi connectivity index (χ0) is 7.65. The summed E-state index contributed by atoms with van der Waals surface area (Å²) in [4.78, 5) is 10.3. The maximum Gasteiger partial charge on any atom is 0.219 e. The summed E-state index contributed by atoms with van der Waals surface area (Å²) >= 11 is 0. The van der Waals surface area contributed by atoms with Crippen LogP contribution >= 0.6 is 0 Å². The predicted molar refractivity (Wildman–Crippen MR) is 32.9 cm³/mol. The Morgan fingerprint density at radius 3 is 2.00 bits per heavy atom. The van der Waals surface area contributed by atoms with Gasteiger partial charge >= 0.3 is 0 Å². The normalized spacial score (nSPS) is 15.0. The largest absolute Gasteiger partial charge is 0.299 e. The zero-order valence-corrected chi connectivity index (χ0v) is 5.81. The van der Waals surface area contributed by atoms with Crippen LogP contribution in [0.3, 0.4) is 0 Å². The van der Waals surface area contributed by atoms with E-state index in [0.717, 1.165) is 6.92 Å². The van der Waals surface area contributed by atoms with Gasteiger partial charge in [0, 0.05) is 0 Å². The summed E-state index contributed by atoms with van der Waals surface area (Å²) in [7, 11) is -3.76. The van der Waals surface area contributed by atoms with Crippen molar-refractivity contribution in [1.29, 1.82) is 0 Å². The fourth-order valence-electron chi connectivity index (χ4n) is 0.231. The third kappa shape index (κ3) is 2.57. The zero-order valence-electron chi connectivity index (χ0n) is 4.99. The fourth-order valence-corrected chi connectivity index (χ4v) is 0.694. The molecule has 0 bridgehead atoms. The Kier molecular flexibility index (Phi) is 2.33. The summed E-state index contributed by atoms with van der Waals surface area (Å²) in [5.74, 6) is -0.544. The Labute approximate surface area is 54.1 Å². The van der Waals surface area contributed by atoms with Gasteiger partial charge in [0.2, 0.25) is 10.0 Å². The average molecular weight is 150 g/mol. The molecule has 0 aromatic carbocycles. The highest BCUT2D eigenvalue weighted by atomic mass is 32.2. The summed E-state index contributed by atoms with van der Waals surface area (Å²) in [6.45, 7) is 4.17. The minimum atomic E-state index is -3.76. The van der Waals surface area contributed by atoms with Crippen LogP contribution in [0.4, 0.5) is 0 Å². The molecule has 0 aliphatic heterocycles. The molecule has 5 heteroatoms. The maximum absolute atomic E-state index is 10.3. The molecule has 0 amide bonds. The number of hydrogen-bond acceptors (Lipinski definition) is 3. The van der Waals surface area contributed by atoms with E-state index in [9.17, 15) is 13.2 Å². The summed E-state index contributed by atoms with van der Waals surface area (Å²) < 4.78 is 20.5. The van der Waals surface area contributed by atoms with E-state index in [1.54, 1.807) is 0 Å². The van der Waals surface area contributed by atoms with Crippen molar-refractivity contribution < 1.29 is 13.2 Å². The second-order valence-electron chi connectivity index (χ2n) is 1.69. The first kappa shape index (κ1) is 8.58. The highest BCUT2D eigenvalue weighted by Crippen LogP contribution is 1.93. The van der Waals surface area contributed by atoms with Gasteiger partial charge in [-0.05, 0) is 13.8 Å². The molecule has 0 aromatic heterocycles. The van der Waals surface area contributed by atoms with Gasteiger partial charge in [-0.2, -0.15) is 0 Å². The van der Waals surface area contributed by atoms with Crippen molar-refractivity contribution in [1.82, 2.24) is 0 Å². The van der Waals surface area contributed by atoms with Crippen molar-refractivity contribution in [3.63, 3.8) is 0 Å². The van der Waals surface area contributed by atoms with Crippen LogP contribution in [0.1, 0.15) is 6.92 Å². The highest BCUT2D eigenvalue weighted by molar-refractivity contribution is 7.90. The highest BCUT2D eigenvalue weighted by Gasteiger charge is 2.19. The van der Waals surface area contributed by atoms with Crippen molar-refractivity contribution >= 4 is 15.8 Å². The molecular weight excluding hydrogens is 142 g/mol. The first-order chi connectivity index (χ1) is 3.85. The van der Waals surface area contributed by atoms with Gasteiger partial charge in [0.15, 0.2) is 0 Å². The molecule has 4 nitrogen and oxygen atoms in total. The quantitative estimate of drug-likeness (QED) is 0.552. The number of carbonyl (C=O) groups excluding carboxylic acids is 1. The van der Waals surface area contributed by atoms with Gasteiger partial charge in [0.25, 0.3) is 0 Å². The Hall–Kier alpha value is -0.420. The topological polar surface area (TPSA) is 77.2 Å². The molecule has 0 heterocycles. The number of rotatable bonds is 2. The summed E-state index contributed by atoms with van der Waals surface area (Å²) in [5, 5.41) is 3.25. The van der Waals surface area contributed by atoms with E-state index in [0.29, 0.717) is 0 Å². The second kappa shape index (κ2) is 2.45. The number of Topliss-reactive ketones (excluding diaryl/α,β-unsaturated/α-hetero) is 1. The van der Waals surface area contributed by atoms with E-state index in [4.69, 9.17) is 0 Å². The van der Waals surface area contributed by atoms with Crippen LogP contribution in [0, 0.1) is 6.92 Å². The average Bonchev–Trinajstić information content (AvgIpc) is 1.62. The molecule has 9 heavy (non-hydrogen) atoms. The van der Waals surface area contributed by atoms with Crippen LogP contribution in [-0.4, -0.2) is 19.5 Å². The van der Waals surface area contributed by atoms with Gasteiger partial charge in [-0.3, -0.25) is 4.79 Å². The number of sulfonamides is 1. The molecule has 0 rings (SSSR count). The van der Waals surface area contributed by atoms with E-state index in [1.807, 2.05) is 0 Å². The maximum atomic E-state index is 10.3. The van der Waals surface area contributed by atoms with Gasteiger partial charge in [-0.25, -0.2) is 13.6 Å². The summed E-state index contributed by atoms with van der Waals surface area (Å²) in [6, 6.07) is 0. The molecule has 1 unspecified atom stereocenters. The van der Waals surface area contributed by atoms with Crippen molar-refractivity contribution in [3.8, 4) is 0 Å². The lowest BCUT2D eigenvalue weighted by Gasteiger charge is -2.01. The van der Waals surface area contributed by atoms with Gasteiger partial charge < -0.3 is 0 Å². The molecule has 0 aliphatic rings. The number of nitrogens with two attached hydrogens (primary N) is 1. The monoisotopic (exact) mass is 150 g/mol. The third-order valence-corrected chi connectivity index (χ3v) is 1.98. The molecule has 0 fully saturated rings. The SMILES string of the molecule is [CH2]C(C(C)=O)S(N)(=O)=O. The number of hydrogen-bond donors (Lipinski definition) is 1. The second-order valence-corrected chi connectivity index (χ2v) is 3.44. The molecule has 1 radical (unpaired) electrons. The molecule has 2 N–H and O–H groups in total. The van der Waals surface area contributed by atoms with Crippen molar-refractivity contribution in [2.24, 2.45) is 5.14 Å². The van der Waals surface area contributed by atoms with Crippen LogP contribution in [-0.2, 0) is 14.8 Å². The molecule has 0 spiro atoms. The van der Waals surface area contributed by atoms with E-state index in [-0.39, 0.29) is 0 Å². The minimum Gasteiger partial charge on any atom is -0.299 e. The lowest BCUT2D eigenvalue weighted by Crippen LogP contribution is -2.31. The van der Waals surface area contributed by atoms with Crippen LogP contribution in [0.2, 0.25) is 0 Å². The first-order valence-corrected chi connectivity index (χ1v) is 3.82. The van der Waals surface area contributed by atoms with Gasteiger partial charge in [-0.15, -0.1) is 0 Å². The molecule has 0 saturated carbocycles. The van der Waals surface area contributed by atoms with Gasteiger partial charge in [0.1, 0.15) is 11.0 Å². The van der Waals surface area contributed by atoms with Crippen LogP contribution in [0.25, 0.3) is 0 Å². The van der Waals surface area contributed by atoms with Crippen LogP contribution in [0.5, 0.6) is 0 Å². The number of carbonyl (C=O) groups is 1. The number of primary sulfonamides is 1. The molecule has 53 valence electrons. The van der Waals surface area contributed by atoms with Gasteiger partial charge in [-0.1, -0.05) is 0 Å².